The molecule has 0 bridgehead atoms. The molecule has 2 aliphatic rings. The van der Waals surface area contributed by atoms with Crippen molar-refractivity contribution in [3.63, 3.8) is 0 Å². The Hall–Kier alpha value is -2.07. The number of halogens is 1. The molecule has 0 heterocycles. The van der Waals surface area contributed by atoms with Crippen molar-refractivity contribution in [1.29, 1.82) is 0 Å². The van der Waals surface area contributed by atoms with Crippen LogP contribution in [0.4, 0.5) is 4.39 Å². The molecule has 1 fully saturated rings. The summed E-state index contributed by atoms with van der Waals surface area (Å²) in [5.41, 5.74) is 4.96. The lowest BCUT2D eigenvalue weighted by molar-refractivity contribution is 0.184. The lowest BCUT2D eigenvalue weighted by atomic mass is 9.69. The second-order valence-corrected chi connectivity index (χ2v) is 8.81. The van der Waals surface area contributed by atoms with Gasteiger partial charge in [0.2, 0.25) is 0 Å². The molecule has 0 amide bonds. The van der Waals surface area contributed by atoms with Crippen LogP contribution in [0.15, 0.2) is 42.5 Å². The topological polar surface area (TPSA) is 0 Å². The molecule has 0 radical (unpaired) electrons. The van der Waals surface area contributed by atoms with Gasteiger partial charge < -0.3 is 0 Å². The lowest BCUT2D eigenvalue weighted by Gasteiger charge is -2.36. The molecule has 4 rings (SSSR count). The molecule has 1 heteroatoms. The van der Waals surface area contributed by atoms with E-state index in [1.165, 1.54) is 75.5 Å². The fourth-order valence-electron chi connectivity index (χ4n) is 5.30. The van der Waals surface area contributed by atoms with Gasteiger partial charge in [0, 0.05) is 11.1 Å². The summed E-state index contributed by atoms with van der Waals surface area (Å²) in [7, 11) is 0. The first kappa shape index (κ1) is 19.3. The van der Waals surface area contributed by atoms with Crippen molar-refractivity contribution < 1.29 is 4.39 Å². The molecule has 146 valence electrons. The van der Waals surface area contributed by atoms with Crippen LogP contribution in [-0.2, 0) is 12.8 Å². The zero-order chi connectivity index (χ0) is 19.3. The number of aryl methyl sites for hydroxylation is 1. The first-order chi connectivity index (χ1) is 13.7. The van der Waals surface area contributed by atoms with Crippen LogP contribution in [0, 0.1) is 35.4 Å². The van der Waals surface area contributed by atoms with Gasteiger partial charge in [0.1, 0.15) is 5.82 Å². The third kappa shape index (κ3) is 4.67. The highest BCUT2D eigenvalue weighted by molar-refractivity contribution is 5.46. The molecule has 2 aromatic rings. The van der Waals surface area contributed by atoms with E-state index in [9.17, 15) is 4.39 Å². The second-order valence-electron chi connectivity index (χ2n) is 8.81. The average molecular weight is 375 g/mol. The third-order valence-corrected chi connectivity index (χ3v) is 6.92. The number of rotatable bonds is 3. The molecule has 2 aliphatic carbocycles. The van der Waals surface area contributed by atoms with Gasteiger partial charge in [-0.05, 0) is 97.4 Å². The van der Waals surface area contributed by atoms with Crippen molar-refractivity contribution in [3.05, 3.63) is 70.5 Å². The Morgan fingerprint density at radius 1 is 0.821 bits per heavy atom. The largest absolute Gasteiger partial charge is 0.207 e. The van der Waals surface area contributed by atoms with Crippen LogP contribution in [0.1, 0.15) is 74.1 Å². The Balaban J connectivity index is 1.39. The minimum atomic E-state index is -0.215. The van der Waals surface area contributed by atoms with Gasteiger partial charge in [-0.1, -0.05) is 50.5 Å². The van der Waals surface area contributed by atoms with Crippen LogP contribution in [0.25, 0.3) is 0 Å². The Bertz CT molecular complexity index is 844. The van der Waals surface area contributed by atoms with Gasteiger partial charge in [0.05, 0.1) is 0 Å². The van der Waals surface area contributed by atoms with Gasteiger partial charge >= 0.3 is 0 Å². The normalized spacial score (nSPS) is 24.1. The molecule has 0 aromatic heterocycles. The predicted molar refractivity (Wildman–Crippen MR) is 115 cm³/mol. The molecule has 0 N–H and O–H groups in total. The van der Waals surface area contributed by atoms with E-state index in [4.69, 9.17) is 0 Å². The van der Waals surface area contributed by atoms with E-state index in [2.05, 4.69) is 37.0 Å². The fourth-order valence-corrected chi connectivity index (χ4v) is 5.30. The summed E-state index contributed by atoms with van der Waals surface area (Å²) in [5, 5.41) is 0. The fraction of sp³-hybridized carbons (Fsp3) is 0.481. The Labute approximate surface area is 169 Å². The zero-order valence-electron chi connectivity index (χ0n) is 17.0. The minimum absolute atomic E-state index is 0.215. The summed E-state index contributed by atoms with van der Waals surface area (Å²) in [5.74, 6) is 9.01. The maximum absolute atomic E-state index is 13.0. The SMILES string of the molecule is CCCC1CCC(C2CCc3cc(C#Cc4ccc(F)cc4)ccc3C2)CC1. The molecule has 0 spiro atoms. The Morgan fingerprint density at radius 2 is 1.54 bits per heavy atom. The molecule has 2 aromatic carbocycles. The van der Waals surface area contributed by atoms with Crippen LogP contribution < -0.4 is 0 Å². The van der Waals surface area contributed by atoms with E-state index in [0.29, 0.717) is 0 Å². The van der Waals surface area contributed by atoms with E-state index < -0.39 is 0 Å². The number of benzene rings is 2. The standard InChI is InChI=1S/C27H31F/c1-2-3-20-6-11-23(12-7-20)25-15-14-24-18-22(8-13-26(24)19-25)5-4-21-9-16-27(28)17-10-21/h8-10,13,16-18,20,23,25H,2-3,6-7,11-12,14-15,19H2,1H3. The van der Waals surface area contributed by atoms with Gasteiger partial charge in [-0.2, -0.15) is 0 Å². The molecule has 1 unspecified atom stereocenters. The van der Waals surface area contributed by atoms with Gasteiger partial charge in [-0.15, -0.1) is 0 Å². The third-order valence-electron chi connectivity index (χ3n) is 6.92. The van der Waals surface area contributed by atoms with Crippen LogP contribution in [0.3, 0.4) is 0 Å². The Kier molecular flexibility index (Phi) is 6.16. The molecular weight excluding hydrogens is 343 g/mol. The molecule has 0 aliphatic heterocycles. The maximum Gasteiger partial charge on any atom is 0.123 e. The quantitative estimate of drug-likeness (QED) is 0.511. The highest BCUT2D eigenvalue weighted by Crippen LogP contribution is 2.40. The van der Waals surface area contributed by atoms with Gasteiger partial charge in [-0.3, -0.25) is 0 Å². The van der Waals surface area contributed by atoms with Crippen LogP contribution in [0.2, 0.25) is 0 Å². The number of hydrogen-bond acceptors (Lipinski definition) is 0. The van der Waals surface area contributed by atoms with E-state index >= 15 is 0 Å². The highest BCUT2D eigenvalue weighted by atomic mass is 19.1. The molecule has 28 heavy (non-hydrogen) atoms. The summed E-state index contributed by atoms with van der Waals surface area (Å²) < 4.78 is 13.0. The molecule has 0 saturated heterocycles. The highest BCUT2D eigenvalue weighted by Gasteiger charge is 2.29. The first-order valence-electron chi connectivity index (χ1n) is 11.1. The van der Waals surface area contributed by atoms with Gasteiger partial charge in [0.15, 0.2) is 0 Å². The molecule has 1 saturated carbocycles. The van der Waals surface area contributed by atoms with Gasteiger partial charge in [0.25, 0.3) is 0 Å². The van der Waals surface area contributed by atoms with Crippen LogP contribution in [-0.4, -0.2) is 0 Å². The zero-order valence-corrected chi connectivity index (χ0v) is 17.0. The smallest absolute Gasteiger partial charge is 0.123 e. The molecule has 0 nitrogen and oxygen atoms in total. The predicted octanol–water partition coefficient (Wildman–Crippen LogP) is 6.94. The summed E-state index contributed by atoms with van der Waals surface area (Å²) in [6.07, 6.45) is 12.4. The van der Waals surface area contributed by atoms with E-state index in [1.807, 2.05) is 0 Å². The van der Waals surface area contributed by atoms with Crippen molar-refractivity contribution in [3.8, 4) is 11.8 Å². The number of hydrogen-bond donors (Lipinski definition) is 0. The average Bonchev–Trinajstić information content (AvgIpc) is 2.74. The Morgan fingerprint density at radius 3 is 2.29 bits per heavy atom. The number of fused-ring (bicyclic) bond motifs is 1. The van der Waals surface area contributed by atoms with Crippen molar-refractivity contribution in [1.82, 2.24) is 0 Å². The first-order valence-corrected chi connectivity index (χ1v) is 11.1. The van der Waals surface area contributed by atoms with E-state index in [-0.39, 0.29) is 5.82 Å². The minimum Gasteiger partial charge on any atom is -0.207 e. The molecule has 1 atom stereocenters. The van der Waals surface area contributed by atoms with E-state index in [0.717, 1.165) is 28.9 Å². The summed E-state index contributed by atoms with van der Waals surface area (Å²) in [4.78, 5) is 0. The van der Waals surface area contributed by atoms with Crippen molar-refractivity contribution in [2.45, 2.75) is 64.7 Å². The van der Waals surface area contributed by atoms with E-state index in [1.54, 1.807) is 17.7 Å². The van der Waals surface area contributed by atoms with Crippen molar-refractivity contribution >= 4 is 0 Å². The lowest BCUT2D eigenvalue weighted by Crippen LogP contribution is -2.26. The monoisotopic (exact) mass is 374 g/mol. The second kappa shape index (κ2) is 8.95. The van der Waals surface area contributed by atoms with Gasteiger partial charge in [-0.25, -0.2) is 4.39 Å². The van der Waals surface area contributed by atoms with Crippen molar-refractivity contribution in [2.24, 2.45) is 17.8 Å². The van der Waals surface area contributed by atoms with Crippen LogP contribution in [0.5, 0.6) is 0 Å². The summed E-state index contributed by atoms with van der Waals surface area (Å²) in [6, 6.07) is 13.1. The van der Waals surface area contributed by atoms with Crippen molar-refractivity contribution in [2.75, 3.05) is 0 Å². The summed E-state index contributed by atoms with van der Waals surface area (Å²) >= 11 is 0. The molecular formula is C27H31F. The maximum atomic E-state index is 13.0. The van der Waals surface area contributed by atoms with Crippen LogP contribution >= 0.6 is 0 Å². The summed E-state index contributed by atoms with van der Waals surface area (Å²) in [6.45, 7) is 2.32.